The molecule has 0 unspecified atom stereocenters. The van der Waals surface area contributed by atoms with E-state index < -0.39 is 5.41 Å². The zero-order valence-electron chi connectivity index (χ0n) is 12.4. The van der Waals surface area contributed by atoms with Gasteiger partial charge in [0.15, 0.2) is 0 Å². The molecule has 1 amide bonds. The summed E-state index contributed by atoms with van der Waals surface area (Å²) in [4.78, 5) is 12.6. The van der Waals surface area contributed by atoms with Crippen LogP contribution < -0.4 is 11.1 Å². The Morgan fingerprint density at radius 1 is 1.14 bits per heavy atom. The first-order valence-corrected chi connectivity index (χ1v) is 7.13. The van der Waals surface area contributed by atoms with Crippen LogP contribution >= 0.6 is 11.6 Å². The van der Waals surface area contributed by atoms with E-state index in [2.05, 4.69) is 5.32 Å². The summed E-state index contributed by atoms with van der Waals surface area (Å²) in [5.41, 5.74) is 8.18. The molecule has 3 nitrogen and oxygen atoms in total. The molecule has 110 valence electrons. The summed E-state index contributed by atoms with van der Waals surface area (Å²) in [5.74, 6) is -0.108. The average molecular weight is 303 g/mol. The number of aryl methyl sites for hydroxylation is 1. The van der Waals surface area contributed by atoms with Crippen molar-refractivity contribution in [1.82, 2.24) is 0 Å². The lowest BCUT2D eigenvalue weighted by molar-refractivity contribution is -0.120. The first kappa shape index (κ1) is 15.4. The van der Waals surface area contributed by atoms with Gasteiger partial charge < -0.3 is 11.1 Å². The second kappa shape index (κ2) is 5.78. The van der Waals surface area contributed by atoms with E-state index >= 15 is 0 Å². The van der Waals surface area contributed by atoms with Crippen molar-refractivity contribution in [2.75, 3.05) is 11.1 Å². The smallest absolute Gasteiger partial charge is 0.234 e. The minimum absolute atomic E-state index is 0.108. The number of carbonyl (C=O) groups is 1. The van der Waals surface area contributed by atoms with Crippen LogP contribution in [0, 0.1) is 6.92 Å². The number of halogens is 1. The predicted octanol–water partition coefficient (Wildman–Crippen LogP) is 4.15. The summed E-state index contributed by atoms with van der Waals surface area (Å²) in [5, 5.41) is 3.47. The number of carbonyl (C=O) groups excluding carboxylic acids is 1. The van der Waals surface area contributed by atoms with Crippen molar-refractivity contribution in [1.29, 1.82) is 0 Å². The third-order valence-corrected chi connectivity index (χ3v) is 3.98. The van der Waals surface area contributed by atoms with Crippen molar-refractivity contribution in [2.45, 2.75) is 26.2 Å². The van der Waals surface area contributed by atoms with E-state index in [4.69, 9.17) is 17.3 Å². The molecule has 2 rings (SSSR count). The molecule has 21 heavy (non-hydrogen) atoms. The van der Waals surface area contributed by atoms with Gasteiger partial charge in [0, 0.05) is 5.69 Å². The van der Waals surface area contributed by atoms with Gasteiger partial charge in [0.2, 0.25) is 5.91 Å². The van der Waals surface area contributed by atoms with E-state index in [0.29, 0.717) is 16.4 Å². The van der Waals surface area contributed by atoms with Crippen LogP contribution in [0.15, 0.2) is 42.5 Å². The third-order valence-electron chi connectivity index (χ3n) is 3.66. The standard InChI is InChI=1S/C17H19ClN2O/c1-11-5-4-6-14(18)15(11)20-16(21)17(2,3)12-7-9-13(19)10-8-12/h4-10H,19H2,1-3H3,(H,20,21). The highest BCUT2D eigenvalue weighted by Gasteiger charge is 2.30. The quantitative estimate of drug-likeness (QED) is 0.837. The minimum atomic E-state index is -0.681. The van der Waals surface area contributed by atoms with Gasteiger partial charge in [-0.25, -0.2) is 0 Å². The molecule has 0 aliphatic rings. The highest BCUT2D eigenvalue weighted by Crippen LogP contribution is 2.30. The SMILES string of the molecule is Cc1cccc(Cl)c1NC(=O)C(C)(C)c1ccc(N)cc1. The lowest BCUT2D eigenvalue weighted by Crippen LogP contribution is -2.35. The molecule has 0 aliphatic carbocycles. The summed E-state index contributed by atoms with van der Waals surface area (Å²) < 4.78 is 0. The number of benzene rings is 2. The maximum atomic E-state index is 12.6. The number of nitrogen functional groups attached to an aromatic ring is 1. The average Bonchev–Trinajstić information content (AvgIpc) is 2.43. The molecule has 0 saturated heterocycles. The monoisotopic (exact) mass is 302 g/mol. The van der Waals surface area contributed by atoms with E-state index in [-0.39, 0.29) is 5.91 Å². The lowest BCUT2D eigenvalue weighted by Gasteiger charge is -2.25. The molecule has 0 aliphatic heterocycles. The fourth-order valence-corrected chi connectivity index (χ4v) is 2.36. The molecule has 0 aromatic heterocycles. The van der Waals surface area contributed by atoms with Crippen molar-refractivity contribution in [3.05, 3.63) is 58.6 Å². The van der Waals surface area contributed by atoms with Crippen LogP contribution in [0.1, 0.15) is 25.0 Å². The largest absolute Gasteiger partial charge is 0.399 e. The van der Waals surface area contributed by atoms with E-state index in [1.54, 1.807) is 18.2 Å². The summed E-state index contributed by atoms with van der Waals surface area (Å²) in [7, 11) is 0. The zero-order chi connectivity index (χ0) is 15.6. The minimum Gasteiger partial charge on any atom is -0.399 e. The summed E-state index contributed by atoms with van der Waals surface area (Å²) in [6.07, 6.45) is 0. The Balaban J connectivity index is 2.28. The number of hydrogen-bond donors (Lipinski definition) is 2. The number of hydrogen-bond acceptors (Lipinski definition) is 2. The highest BCUT2D eigenvalue weighted by molar-refractivity contribution is 6.34. The van der Waals surface area contributed by atoms with Gasteiger partial charge >= 0.3 is 0 Å². The third kappa shape index (κ3) is 3.19. The Morgan fingerprint density at radius 3 is 2.33 bits per heavy atom. The molecule has 3 N–H and O–H groups in total. The second-order valence-corrected chi connectivity index (χ2v) is 6.04. The number of para-hydroxylation sites is 1. The normalized spacial score (nSPS) is 11.2. The summed E-state index contributed by atoms with van der Waals surface area (Å²) >= 11 is 6.16. The van der Waals surface area contributed by atoms with Gasteiger partial charge in [-0.3, -0.25) is 4.79 Å². The summed E-state index contributed by atoms with van der Waals surface area (Å²) in [6.45, 7) is 5.66. The van der Waals surface area contributed by atoms with Crippen LogP contribution in [0.3, 0.4) is 0 Å². The van der Waals surface area contributed by atoms with Crippen LogP contribution in [0.4, 0.5) is 11.4 Å². The number of rotatable bonds is 3. The summed E-state index contributed by atoms with van der Waals surface area (Å²) in [6, 6.07) is 12.9. The first-order chi connectivity index (χ1) is 9.82. The molecular weight excluding hydrogens is 284 g/mol. The zero-order valence-corrected chi connectivity index (χ0v) is 13.2. The maximum Gasteiger partial charge on any atom is 0.234 e. The van der Waals surface area contributed by atoms with Crippen LogP contribution in [-0.4, -0.2) is 5.91 Å². The number of nitrogens with one attached hydrogen (secondary N) is 1. The molecule has 2 aromatic carbocycles. The second-order valence-electron chi connectivity index (χ2n) is 5.63. The molecule has 0 saturated carbocycles. The Kier molecular flexibility index (Phi) is 4.24. The molecule has 0 radical (unpaired) electrons. The van der Waals surface area contributed by atoms with Crippen LogP contribution in [0.5, 0.6) is 0 Å². The predicted molar refractivity (Wildman–Crippen MR) is 88.7 cm³/mol. The van der Waals surface area contributed by atoms with Gasteiger partial charge in [0.1, 0.15) is 0 Å². The number of nitrogens with two attached hydrogens (primary N) is 1. The first-order valence-electron chi connectivity index (χ1n) is 6.75. The number of amides is 1. The van der Waals surface area contributed by atoms with Crippen molar-refractivity contribution >= 4 is 28.9 Å². The van der Waals surface area contributed by atoms with Crippen LogP contribution in [0.2, 0.25) is 5.02 Å². The number of anilines is 2. The molecule has 0 spiro atoms. The van der Waals surface area contributed by atoms with E-state index in [9.17, 15) is 4.79 Å². The molecular formula is C17H19ClN2O. The van der Waals surface area contributed by atoms with Gasteiger partial charge in [-0.15, -0.1) is 0 Å². The van der Waals surface area contributed by atoms with Crippen molar-refractivity contribution in [3.8, 4) is 0 Å². The van der Waals surface area contributed by atoms with Gasteiger partial charge in [-0.05, 0) is 50.1 Å². The van der Waals surface area contributed by atoms with Gasteiger partial charge in [0.25, 0.3) is 0 Å². The lowest BCUT2D eigenvalue weighted by atomic mass is 9.83. The van der Waals surface area contributed by atoms with Crippen LogP contribution in [-0.2, 0) is 10.2 Å². The Bertz CT molecular complexity index is 643. The molecule has 2 aromatic rings. The molecule has 0 heterocycles. The van der Waals surface area contributed by atoms with E-state index in [0.717, 1.165) is 11.1 Å². The Hall–Kier alpha value is -2.00. The van der Waals surface area contributed by atoms with Crippen molar-refractivity contribution < 1.29 is 4.79 Å². The fraction of sp³-hybridized carbons (Fsp3) is 0.235. The van der Waals surface area contributed by atoms with Crippen molar-refractivity contribution in [2.24, 2.45) is 0 Å². The van der Waals surface area contributed by atoms with Gasteiger partial charge in [-0.1, -0.05) is 35.9 Å². The molecule has 0 fully saturated rings. The van der Waals surface area contributed by atoms with Gasteiger partial charge in [-0.2, -0.15) is 0 Å². The fourth-order valence-electron chi connectivity index (χ4n) is 2.09. The molecule has 0 atom stereocenters. The van der Waals surface area contributed by atoms with Crippen LogP contribution in [0.25, 0.3) is 0 Å². The van der Waals surface area contributed by atoms with E-state index in [1.165, 1.54) is 0 Å². The molecule has 4 heteroatoms. The van der Waals surface area contributed by atoms with Gasteiger partial charge in [0.05, 0.1) is 16.1 Å². The molecule has 0 bridgehead atoms. The Morgan fingerprint density at radius 2 is 1.76 bits per heavy atom. The highest BCUT2D eigenvalue weighted by atomic mass is 35.5. The maximum absolute atomic E-state index is 12.6. The topological polar surface area (TPSA) is 55.1 Å². The van der Waals surface area contributed by atoms with E-state index in [1.807, 2.05) is 45.0 Å². The Labute approximate surface area is 130 Å². The van der Waals surface area contributed by atoms with Crippen molar-refractivity contribution in [3.63, 3.8) is 0 Å².